The fraction of sp³-hybridized carbons (Fsp3) is 1.00. The lowest BCUT2D eigenvalue weighted by Gasteiger charge is -2.44. The van der Waals surface area contributed by atoms with Crippen molar-refractivity contribution in [3.8, 4) is 0 Å². The van der Waals surface area contributed by atoms with Crippen molar-refractivity contribution < 1.29 is 9.47 Å². The number of nitrogens with zero attached hydrogens (tertiary/aromatic N) is 1. The van der Waals surface area contributed by atoms with Gasteiger partial charge in [-0.15, -0.1) is 0 Å². The van der Waals surface area contributed by atoms with Crippen LogP contribution in [-0.2, 0) is 9.47 Å². The minimum absolute atomic E-state index is 0.455. The van der Waals surface area contributed by atoms with Crippen molar-refractivity contribution >= 4 is 0 Å². The van der Waals surface area contributed by atoms with Crippen molar-refractivity contribution in [2.75, 3.05) is 26.2 Å². The summed E-state index contributed by atoms with van der Waals surface area (Å²) in [6, 6.07) is 1.47. The highest BCUT2D eigenvalue weighted by molar-refractivity contribution is 4.90. The van der Waals surface area contributed by atoms with Crippen molar-refractivity contribution in [3.05, 3.63) is 0 Å². The molecule has 2 aliphatic carbocycles. The Bertz CT molecular complexity index is 346. The number of hydrogen-bond acceptors (Lipinski definition) is 4. The van der Waals surface area contributed by atoms with E-state index in [9.17, 15) is 0 Å². The summed E-state index contributed by atoms with van der Waals surface area (Å²) in [5.74, 6) is 0. The number of morpholine rings is 1. The van der Waals surface area contributed by atoms with Gasteiger partial charge in [0.15, 0.2) is 0 Å². The first-order chi connectivity index (χ1) is 10.4. The molecule has 0 aromatic heterocycles. The van der Waals surface area contributed by atoms with Crippen LogP contribution in [0.15, 0.2) is 0 Å². The van der Waals surface area contributed by atoms with Gasteiger partial charge >= 0.3 is 0 Å². The number of fused-ring (bicyclic) bond motifs is 1. The smallest absolute Gasteiger partial charge is 0.0730 e. The Kier molecular flexibility index (Phi) is 4.49. The number of hydrogen-bond donors (Lipinski definition) is 1. The monoisotopic (exact) mass is 294 g/mol. The SMILES string of the molecule is C1CCC2C(C1)OCCN2CC1CCC(CNC2CC2)O1. The zero-order chi connectivity index (χ0) is 14.1. The Morgan fingerprint density at radius 1 is 0.952 bits per heavy atom. The first-order valence-corrected chi connectivity index (χ1v) is 9.13. The van der Waals surface area contributed by atoms with E-state index in [-0.39, 0.29) is 0 Å². The molecule has 4 fully saturated rings. The van der Waals surface area contributed by atoms with Crippen LogP contribution in [0.5, 0.6) is 0 Å². The number of rotatable bonds is 5. The van der Waals surface area contributed by atoms with Crippen LogP contribution in [-0.4, -0.2) is 61.5 Å². The molecule has 0 amide bonds. The maximum absolute atomic E-state index is 6.28. The third kappa shape index (κ3) is 3.61. The molecule has 4 nitrogen and oxygen atoms in total. The molecule has 21 heavy (non-hydrogen) atoms. The molecule has 0 aromatic rings. The van der Waals surface area contributed by atoms with E-state index in [4.69, 9.17) is 9.47 Å². The van der Waals surface area contributed by atoms with Crippen LogP contribution in [0.4, 0.5) is 0 Å². The lowest BCUT2D eigenvalue weighted by atomic mass is 9.90. The first kappa shape index (κ1) is 14.4. The van der Waals surface area contributed by atoms with Crippen molar-refractivity contribution in [2.45, 2.75) is 81.8 Å². The molecular formula is C17H30N2O2. The van der Waals surface area contributed by atoms with Crippen molar-refractivity contribution in [3.63, 3.8) is 0 Å². The average Bonchev–Trinajstić information content (AvgIpc) is 3.25. The summed E-state index contributed by atoms with van der Waals surface area (Å²) >= 11 is 0. The van der Waals surface area contributed by atoms with E-state index >= 15 is 0 Å². The van der Waals surface area contributed by atoms with Gasteiger partial charge in [-0.05, 0) is 38.5 Å². The second-order valence-electron chi connectivity index (χ2n) is 7.40. The van der Waals surface area contributed by atoms with Gasteiger partial charge < -0.3 is 14.8 Å². The molecule has 2 aliphatic heterocycles. The fourth-order valence-electron chi connectivity index (χ4n) is 4.31. The maximum atomic E-state index is 6.28. The molecule has 1 N–H and O–H groups in total. The molecule has 0 radical (unpaired) electrons. The van der Waals surface area contributed by atoms with Crippen LogP contribution in [0.25, 0.3) is 0 Å². The third-order valence-corrected chi connectivity index (χ3v) is 5.69. The molecule has 0 bridgehead atoms. The maximum Gasteiger partial charge on any atom is 0.0730 e. The van der Waals surface area contributed by atoms with Gasteiger partial charge in [-0.2, -0.15) is 0 Å². The van der Waals surface area contributed by atoms with Gasteiger partial charge in [0.1, 0.15) is 0 Å². The van der Waals surface area contributed by atoms with E-state index in [0.29, 0.717) is 24.4 Å². The Hall–Kier alpha value is -0.160. The minimum Gasteiger partial charge on any atom is -0.375 e. The average molecular weight is 294 g/mol. The van der Waals surface area contributed by atoms with Crippen LogP contribution in [0.3, 0.4) is 0 Å². The van der Waals surface area contributed by atoms with Gasteiger partial charge in [-0.1, -0.05) is 12.8 Å². The van der Waals surface area contributed by atoms with Gasteiger partial charge in [0.2, 0.25) is 0 Å². The second-order valence-corrected chi connectivity index (χ2v) is 7.40. The fourth-order valence-corrected chi connectivity index (χ4v) is 4.31. The molecular weight excluding hydrogens is 264 g/mol. The second kappa shape index (κ2) is 6.53. The van der Waals surface area contributed by atoms with Crippen molar-refractivity contribution in [1.29, 1.82) is 0 Å². The summed E-state index contributed by atoms with van der Waals surface area (Å²) in [6.45, 7) is 4.22. The molecule has 4 rings (SSSR count). The highest BCUT2D eigenvalue weighted by Gasteiger charge is 2.36. The lowest BCUT2D eigenvalue weighted by molar-refractivity contribution is -0.101. The molecule has 0 aromatic carbocycles. The summed E-state index contributed by atoms with van der Waals surface area (Å²) in [5, 5.41) is 3.61. The summed E-state index contributed by atoms with van der Waals surface area (Å²) in [5.41, 5.74) is 0. The summed E-state index contributed by atoms with van der Waals surface area (Å²) in [7, 11) is 0. The Morgan fingerprint density at radius 3 is 2.71 bits per heavy atom. The standard InChI is InChI=1S/C17H30N2O2/c1-2-4-17-16(3-1)19(9-10-20-17)12-15-8-7-14(21-15)11-18-13-5-6-13/h13-18H,1-12H2. The predicted molar refractivity (Wildman–Crippen MR) is 82.5 cm³/mol. The minimum atomic E-state index is 0.455. The van der Waals surface area contributed by atoms with E-state index in [1.165, 1.54) is 51.4 Å². The van der Waals surface area contributed by atoms with Crippen molar-refractivity contribution in [2.24, 2.45) is 0 Å². The van der Waals surface area contributed by atoms with E-state index in [2.05, 4.69) is 10.2 Å². The molecule has 4 unspecified atom stereocenters. The van der Waals surface area contributed by atoms with Crippen LogP contribution in [0.1, 0.15) is 51.4 Å². The Balaban J connectivity index is 1.25. The van der Waals surface area contributed by atoms with Gasteiger partial charge in [0.05, 0.1) is 24.9 Å². The third-order valence-electron chi connectivity index (χ3n) is 5.69. The predicted octanol–water partition coefficient (Wildman–Crippen LogP) is 1.93. The normalized spacial score (nSPS) is 41.1. The van der Waals surface area contributed by atoms with Crippen molar-refractivity contribution in [1.82, 2.24) is 10.2 Å². The molecule has 2 saturated heterocycles. The molecule has 120 valence electrons. The topological polar surface area (TPSA) is 33.7 Å². The molecule has 4 heteroatoms. The van der Waals surface area contributed by atoms with Crippen LogP contribution in [0, 0.1) is 0 Å². The van der Waals surface area contributed by atoms with E-state index in [1.807, 2.05) is 0 Å². The zero-order valence-electron chi connectivity index (χ0n) is 13.1. The molecule has 0 spiro atoms. The highest BCUT2D eigenvalue weighted by atomic mass is 16.5. The highest BCUT2D eigenvalue weighted by Crippen LogP contribution is 2.30. The van der Waals surface area contributed by atoms with Gasteiger partial charge in [-0.25, -0.2) is 0 Å². The number of ether oxygens (including phenoxy) is 2. The largest absolute Gasteiger partial charge is 0.375 e. The zero-order valence-corrected chi connectivity index (χ0v) is 13.1. The molecule has 2 saturated carbocycles. The van der Waals surface area contributed by atoms with Crippen LogP contribution in [0.2, 0.25) is 0 Å². The van der Waals surface area contributed by atoms with Gasteiger partial charge in [0, 0.05) is 31.7 Å². The van der Waals surface area contributed by atoms with Crippen LogP contribution < -0.4 is 5.32 Å². The summed E-state index contributed by atoms with van der Waals surface area (Å²) in [4.78, 5) is 2.68. The number of nitrogens with one attached hydrogen (secondary N) is 1. The Morgan fingerprint density at radius 2 is 1.81 bits per heavy atom. The van der Waals surface area contributed by atoms with Gasteiger partial charge in [0.25, 0.3) is 0 Å². The summed E-state index contributed by atoms with van der Waals surface area (Å²) in [6.07, 6.45) is 11.9. The van der Waals surface area contributed by atoms with Crippen LogP contribution >= 0.6 is 0 Å². The van der Waals surface area contributed by atoms with E-state index in [1.54, 1.807) is 0 Å². The lowest BCUT2D eigenvalue weighted by Crippen LogP contribution is -2.54. The van der Waals surface area contributed by atoms with E-state index in [0.717, 1.165) is 32.3 Å². The molecule has 4 aliphatic rings. The van der Waals surface area contributed by atoms with E-state index < -0.39 is 0 Å². The van der Waals surface area contributed by atoms with Gasteiger partial charge in [-0.3, -0.25) is 4.90 Å². The quantitative estimate of drug-likeness (QED) is 0.840. The Labute approximate surface area is 128 Å². The first-order valence-electron chi connectivity index (χ1n) is 9.13. The molecule has 2 heterocycles. The summed E-state index contributed by atoms with van der Waals surface area (Å²) < 4.78 is 12.3. The molecule has 4 atom stereocenters.